The summed E-state index contributed by atoms with van der Waals surface area (Å²) in [5.74, 6) is 0.213. The standard InChI is InChI=1S/C13H19NO/c1-13(2,3)9-12(15)10-5-7-11(14-4)8-6-10/h5-8,14H,9H2,1-4H3. The van der Waals surface area contributed by atoms with Gasteiger partial charge in [-0.2, -0.15) is 0 Å². The van der Waals surface area contributed by atoms with Crippen molar-refractivity contribution in [2.75, 3.05) is 12.4 Å². The summed E-state index contributed by atoms with van der Waals surface area (Å²) >= 11 is 0. The molecule has 2 heteroatoms. The van der Waals surface area contributed by atoms with Crippen molar-refractivity contribution in [3.8, 4) is 0 Å². The van der Waals surface area contributed by atoms with Gasteiger partial charge < -0.3 is 5.32 Å². The van der Waals surface area contributed by atoms with Crippen molar-refractivity contribution < 1.29 is 4.79 Å². The highest BCUT2D eigenvalue weighted by Crippen LogP contribution is 2.22. The molecule has 0 aromatic heterocycles. The molecule has 1 aromatic rings. The van der Waals surface area contributed by atoms with Gasteiger partial charge in [0.05, 0.1) is 0 Å². The molecule has 0 heterocycles. The third-order valence-corrected chi connectivity index (χ3v) is 2.19. The second-order valence-electron chi connectivity index (χ2n) is 4.99. The highest BCUT2D eigenvalue weighted by Gasteiger charge is 2.16. The summed E-state index contributed by atoms with van der Waals surface area (Å²) in [6.45, 7) is 6.23. The molecule has 0 saturated heterocycles. The second-order valence-corrected chi connectivity index (χ2v) is 4.99. The van der Waals surface area contributed by atoms with Crippen LogP contribution in [0.3, 0.4) is 0 Å². The van der Waals surface area contributed by atoms with Crippen LogP contribution in [0.5, 0.6) is 0 Å². The third kappa shape index (κ3) is 3.74. The van der Waals surface area contributed by atoms with Gasteiger partial charge in [-0.05, 0) is 29.7 Å². The Bertz CT molecular complexity index is 333. The number of Topliss-reactive ketones (excluding diaryl/α,β-unsaturated/α-hetero) is 1. The Morgan fingerprint density at radius 1 is 1.20 bits per heavy atom. The zero-order valence-electron chi connectivity index (χ0n) is 9.92. The smallest absolute Gasteiger partial charge is 0.163 e. The molecule has 0 amide bonds. The normalized spacial score (nSPS) is 11.2. The quantitative estimate of drug-likeness (QED) is 0.767. The van der Waals surface area contributed by atoms with Crippen molar-refractivity contribution in [1.82, 2.24) is 0 Å². The fourth-order valence-corrected chi connectivity index (χ4v) is 1.41. The molecular weight excluding hydrogens is 186 g/mol. The Kier molecular flexibility index (Phi) is 3.51. The van der Waals surface area contributed by atoms with Gasteiger partial charge in [-0.3, -0.25) is 4.79 Å². The zero-order chi connectivity index (χ0) is 11.5. The van der Waals surface area contributed by atoms with E-state index < -0.39 is 0 Å². The van der Waals surface area contributed by atoms with Crippen molar-refractivity contribution in [2.45, 2.75) is 27.2 Å². The van der Waals surface area contributed by atoms with E-state index in [1.165, 1.54) is 0 Å². The Morgan fingerprint density at radius 2 is 1.73 bits per heavy atom. The molecule has 1 N–H and O–H groups in total. The lowest BCUT2D eigenvalue weighted by Gasteiger charge is -2.16. The minimum Gasteiger partial charge on any atom is -0.388 e. The minimum absolute atomic E-state index is 0.0543. The van der Waals surface area contributed by atoms with E-state index in [2.05, 4.69) is 26.1 Å². The molecule has 0 aliphatic heterocycles. The maximum Gasteiger partial charge on any atom is 0.163 e. The van der Waals surface area contributed by atoms with Crippen LogP contribution in [0.25, 0.3) is 0 Å². The highest BCUT2D eigenvalue weighted by molar-refractivity contribution is 5.96. The summed E-state index contributed by atoms with van der Waals surface area (Å²) in [6, 6.07) is 7.60. The number of carbonyl (C=O) groups is 1. The van der Waals surface area contributed by atoms with Crippen molar-refractivity contribution >= 4 is 11.5 Å². The van der Waals surface area contributed by atoms with Gasteiger partial charge in [-0.25, -0.2) is 0 Å². The maximum atomic E-state index is 11.8. The molecule has 82 valence electrons. The topological polar surface area (TPSA) is 29.1 Å². The van der Waals surface area contributed by atoms with E-state index in [-0.39, 0.29) is 11.2 Å². The molecule has 15 heavy (non-hydrogen) atoms. The fourth-order valence-electron chi connectivity index (χ4n) is 1.41. The number of rotatable bonds is 3. The molecule has 0 aliphatic carbocycles. The van der Waals surface area contributed by atoms with Crippen LogP contribution in [0.1, 0.15) is 37.6 Å². The molecule has 0 atom stereocenters. The molecular formula is C13H19NO. The Balaban J connectivity index is 2.75. The number of hydrogen-bond acceptors (Lipinski definition) is 2. The molecule has 0 fully saturated rings. The van der Waals surface area contributed by atoms with E-state index in [0.717, 1.165) is 11.3 Å². The van der Waals surface area contributed by atoms with Gasteiger partial charge in [0.15, 0.2) is 5.78 Å². The van der Waals surface area contributed by atoms with Gasteiger partial charge in [0.2, 0.25) is 0 Å². The number of ketones is 1. The van der Waals surface area contributed by atoms with Gasteiger partial charge in [0.1, 0.15) is 0 Å². The van der Waals surface area contributed by atoms with Gasteiger partial charge in [0.25, 0.3) is 0 Å². The predicted octanol–water partition coefficient (Wildman–Crippen LogP) is 3.35. The lowest BCUT2D eigenvalue weighted by Crippen LogP contribution is -2.12. The van der Waals surface area contributed by atoms with Crippen LogP contribution in [-0.4, -0.2) is 12.8 Å². The summed E-state index contributed by atoms with van der Waals surface area (Å²) in [7, 11) is 1.87. The molecule has 1 aromatic carbocycles. The summed E-state index contributed by atoms with van der Waals surface area (Å²) < 4.78 is 0. The molecule has 1 rings (SSSR count). The van der Waals surface area contributed by atoms with Crippen LogP contribution in [0.15, 0.2) is 24.3 Å². The van der Waals surface area contributed by atoms with Gasteiger partial charge in [-0.15, -0.1) is 0 Å². The van der Waals surface area contributed by atoms with Crippen molar-refractivity contribution in [3.63, 3.8) is 0 Å². The van der Waals surface area contributed by atoms with Crippen LogP contribution < -0.4 is 5.32 Å². The van der Waals surface area contributed by atoms with E-state index in [0.29, 0.717) is 6.42 Å². The van der Waals surface area contributed by atoms with Gasteiger partial charge in [-0.1, -0.05) is 20.8 Å². The summed E-state index contributed by atoms with van der Waals surface area (Å²) in [5, 5.41) is 3.03. The van der Waals surface area contributed by atoms with Gasteiger partial charge >= 0.3 is 0 Å². The summed E-state index contributed by atoms with van der Waals surface area (Å²) in [6.07, 6.45) is 0.589. The number of anilines is 1. The molecule has 0 unspecified atom stereocenters. The minimum atomic E-state index is 0.0543. The number of carbonyl (C=O) groups excluding carboxylic acids is 1. The number of nitrogens with one attached hydrogen (secondary N) is 1. The first-order valence-electron chi connectivity index (χ1n) is 5.23. The van der Waals surface area contributed by atoms with E-state index >= 15 is 0 Å². The highest BCUT2D eigenvalue weighted by atomic mass is 16.1. The number of hydrogen-bond donors (Lipinski definition) is 1. The van der Waals surface area contributed by atoms with Crippen LogP contribution in [0.4, 0.5) is 5.69 Å². The zero-order valence-corrected chi connectivity index (χ0v) is 9.92. The van der Waals surface area contributed by atoms with E-state index in [1.807, 2.05) is 31.3 Å². The van der Waals surface area contributed by atoms with Crippen molar-refractivity contribution in [2.24, 2.45) is 5.41 Å². The average molecular weight is 205 g/mol. The maximum absolute atomic E-state index is 11.8. The molecule has 0 bridgehead atoms. The first-order valence-corrected chi connectivity index (χ1v) is 5.23. The Labute approximate surface area is 91.7 Å². The molecule has 0 aliphatic rings. The van der Waals surface area contributed by atoms with Crippen LogP contribution in [0.2, 0.25) is 0 Å². The summed E-state index contributed by atoms with van der Waals surface area (Å²) in [5.41, 5.74) is 1.88. The molecule has 0 spiro atoms. The first-order chi connectivity index (χ1) is 6.92. The monoisotopic (exact) mass is 205 g/mol. The van der Waals surface area contributed by atoms with Crippen molar-refractivity contribution in [3.05, 3.63) is 29.8 Å². The third-order valence-electron chi connectivity index (χ3n) is 2.19. The molecule has 2 nitrogen and oxygen atoms in total. The van der Waals surface area contributed by atoms with E-state index in [4.69, 9.17) is 0 Å². The van der Waals surface area contributed by atoms with E-state index in [1.54, 1.807) is 0 Å². The lowest BCUT2D eigenvalue weighted by molar-refractivity contribution is 0.0940. The average Bonchev–Trinajstić information content (AvgIpc) is 2.15. The first kappa shape index (κ1) is 11.8. The van der Waals surface area contributed by atoms with Crippen molar-refractivity contribution in [1.29, 1.82) is 0 Å². The largest absolute Gasteiger partial charge is 0.388 e. The van der Waals surface area contributed by atoms with Gasteiger partial charge in [0, 0.05) is 24.7 Å². The van der Waals surface area contributed by atoms with Crippen LogP contribution in [0, 0.1) is 5.41 Å². The second kappa shape index (κ2) is 4.47. The number of benzene rings is 1. The predicted molar refractivity (Wildman–Crippen MR) is 64.4 cm³/mol. The molecule has 0 saturated carbocycles. The fraction of sp³-hybridized carbons (Fsp3) is 0.462. The van der Waals surface area contributed by atoms with E-state index in [9.17, 15) is 4.79 Å². The Morgan fingerprint density at radius 3 is 2.13 bits per heavy atom. The lowest BCUT2D eigenvalue weighted by atomic mass is 9.88. The Hall–Kier alpha value is -1.31. The van der Waals surface area contributed by atoms with Crippen LogP contribution >= 0.6 is 0 Å². The van der Waals surface area contributed by atoms with Crippen LogP contribution in [-0.2, 0) is 0 Å². The molecule has 0 radical (unpaired) electrons. The SMILES string of the molecule is CNc1ccc(C(=O)CC(C)(C)C)cc1. The summed E-state index contributed by atoms with van der Waals surface area (Å²) in [4.78, 5) is 11.8.